The van der Waals surface area contributed by atoms with Crippen LogP contribution in [0.15, 0.2) is 47.1 Å². The van der Waals surface area contributed by atoms with E-state index >= 15 is 0 Å². The van der Waals surface area contributed by atoms with Crippen LogP contribution in [0.3, 0.4) is 0 Å². The molecule has 0 unspecified atom stereocenters. The summed E-state index contributed by atoms with van der Waals surface area (Å²) in [4.78, 5) is 20.7. The Morgan fingerprint density at radius 1 is 1.23 bits per heavy atom. The molecule has 0 bridgehead atoms. The molecule has 1 amide bonds. The molecule has 26 heavy (non-hydrogen) atoms. The summed E-state index contributed by atoms with van der Waals surface area (Å²) >= 11 is 0. The van der Waals surface area contributed by atoms with Crippen LogP contribution >= 0.6 is 0 Å². The minimum Gasteiger partial charge on any atom is -0.454 e. The minimum absolute atomic E-state index is 0.123. The summed E-state index contributed by atoms with van der Waals surface area (Å²) in [6.45, 7) is 2.44. The SMILES string of the molecule is Cc1oc(-c2ccc3c(c2)OCO3)nc1CC(=O)NCc1cccnc1. The van der Waals surface area contributed by atoms with E-state index in [4.69, 9.17) is 13.9 Å². The number of hydrogen-bond donors (Lipinski definition) is 1. The zero-order valence-electron chi connectivity index (χ0n) is 14.2. The van der Waals surface area contributed by atoms with Crippen molar-refractivity contribution in [3.05, 3.63) is 59.7 Å². The van der Waals surface area contributed by atoms with Gasteiger partial charge in [0.2, 0.25) is 18.6 Å². The second kappa shape index (κ2) is 6.87. The van der Waals surface area contributed by atoms with Crippen LogP contribution in [0.2, 0.25) is 0 Å². The molecule has 0 saturated heterocycles. The van der Waals surface area contributed by atoms with Gasteiger partial charge in [-0.15, -0.1) is 0 Å². The number of aryl methyl sites for hydroxylation is 1. The number of nitrogens with one attached hydrogen (secondary N) is 1. The van der Waals surface area contributed by atoms with Crippen molar-refractivity contribution >= 4 is 5.91 Å². The van der Waals surface area contributed by atoms with E-state index in [0.29, 0.717) is 35.4 Å². The van der Waals surface area contributed by atoms with E-state index in [-0.39, 0.29) is 19.1 Å². The van der Waals surface area contributed by atoms with E-state index in [0.717, 1.165) is 11.1 Å². The molecule has 3 heterocycles. The van der Waals surface area contributed by atoms with Gasteiger partial charge in [0.05, 0.1) is 12.1 Å². The van der Waals surface area contributed by atoms with Gasteiger partial charge in [0.15, 0.2) is 11.5 Å². The van der Waals surface area contributed by atoms with Crippen LogP contribution in [0.1, 0.15) is 17.0 Å². The summed E-state index contributed by atoms with van der Waals surface area (Å²) in [7, 11) is 0. The van der Waals surface area contributed by atoms with E-state index in [1.54, 1.807) is 19.3 Å². The number of benzene rings is 1. The molecule has 4 rings (SSSR count). The zero-order chi connectivity index (χ0) is 17.9. The molecule has 1 aliphatic rings. The topological polar surface area (TPSA) is 86.5 Å². The molecule has 0 atom stereocenters. The standard InChI is InChI=1S/C19H17N3O4/c1-12-15(8-18(23)21-10-13-3-2-6-20-9-13)22-19(26-12)14-4-5-16-17(7-14)25-11-24-16/h2-7,9H,8,10-11H2,1H3,(H,21,23). The maximum Gasteiger partial charge on any atom is 0.231 e. The molecule has 0 spiro atoms. The Balaban J connectivity index is 1.44. The van der Waals surface area contributed by atoms with Crippen LogP contribution in [0.5, 0.6) is 11.5 Å². The summed E-state index contributed by atoms with van der Waals surface area (Å²) in [5, 5.41) is 2.86. The van der Waals surface area contributed by atoms with E-state index in [1.165, 1.54) is 0 Å². The number of amides is 1. The van der Waals surface area contributed by atoms with Gasteiger partial charge < -0.3 is 19.2 Å². The van der Waals surface area contributed by atoms with Gasteiger partial charge in [-0.25, -0.2) is 4.98 Å². The number of carbonyl (C=O) groups is 1. The highest BCUT2D eigenvalue weighted by Crippen LogP contribution is 2.36. The van der Waals surface area contributed by atoms with Crippen molar-refractivity contribution in [3.63, 3.8) is 0 Å². The molecule has 132 valence electrons. The Morgan fingerprint density at radius 2 is 2.12 bits per heavy atom. The Kier molecular flexibility index (Phi) is 4.27. The minimum atomic E-state index is -0.123. The molecule has 7 heteroatoms. The van der Waals surface area contributed by atoms with Crippen molar-refractivity contribution in [2.24, 2.45) is 0 Å². The number of pyridine rings is 1. The van der Waals surface area contributed by atoms with Gasteiger partial charge in [0.1, 0.15) is 5.76 Å². The molecule has 7 nitrogen and oxygen atoms in total. The largest absolute Gasteiger partial charge is 0.454 e. The van der Waals surface area contributed by atoms with Crippen LogP contribution in [0.25, 0.3) is 11.5 Å². The highest BCUT2D eigenvalue weighted by Gasteiger charge is 2.18. The maximum atomic E-state index is 12.2. The molecule has 0 saturated carbocycles. The number of carbonyl (C=O) groups excluding carboxylic acids is 1. The fraction of sp³-hybridized carbons (Fsp3) is 0.211. The van der Waals surface area contributed by atoms with Crippen molar-refractivity contribution in [2.45, 2.75) is 19.9 Å². The third-order valence-corrected chi connectivity index (χ3v) is 4.05. The van der Waals surface area contributed by atoms with Gasteiger partial charge in [-0.05, 0) is 36.8 Å². The Labute approximate surface area is 150 Å². The summed E-state index contributed by atoms with van der Waals surface area (Å²) in [6, 6.07) is 9.23. The van der Waals surface area contributed by atoms with E-state index in [9.17, 15) is 4.79 Å². The van der Waals surface area contributed by atoms with Gasteiger partial charge in [0, 0.05) is 24.5 Å². The summed E-state index contributed by atoms with van der Waals surface area (Å²) in [6.07, 6.45) is 3.57. The van der Waals surface area contributed by atoms with Gasteiger partial charge in [-0.1, -0.05) is 6.07 Å². The van der Waals surface area contributed by atoms with Crippen molar-refractivity contribution in [1.29, 1.82) is 0 Å². The average molecular weight is 351 g/mol. The molecule has 1 aromatic carbocycles. The number of aromatic nitrogens is 2. The predicted molar refractivity (Wildman–Crippen MR) is 92.6 cm³/mol. The quantitative estimate of drug-likeness (QED) is 0.760. The van der Waals surface area contributed by atoms with E-state index < -0.39 is 0 Å². The number of hydrogen-bond acceptors (Lipinski definition) is 6. The van der Waals surface area contributed by atoms with Gasteiger partial charge in [0.25, 0.3) is 0 Å². The van der Waals surface area contributed by atoms with Crippen LogP contribution in [0, 0.1) is 6.92 Å². The lowest BCUT2D eigenvalue weighted by Gasteiger charge is -2.03. The van der Waals surface area contributed by atoms with Crippen molar-refractivity contribution < 1.29 is 18.7 Å². The molecule has 1 aliphatic heterocycles. The Hall–Kier alpha value is -3.35. The van der Waals surface area contributed by atoms with Crippen LogP contribution in [-0.2, 0) is 17.8 Å². The number of fused-ring (bicyclic) bond motifs is 1. The first-order chi connectivity index (χ1) is 12.7. The number of ether oxygens (including phenoxy) is 2. The number of oxazole rings is 1. The third-order valence-electron chi connectivity index (χ3n) is 4.05. The molecule has 1 N–H and O–H groups in total. The predicted octanol–water partition coefficient (Wildman–Crippen LogP) is 2.63. The molecule has 2 aromatic heterocycles. The molecule has 3 aromatic rings. The molecular weight excluding hydrogens is 334 g/mol. The molecule has 0 fully saturated rings. The fourth-order valence-electron chi connectivity index (χ4n) is 2.66. The third kappa shape index (κ3) is 3.37. The van der Waals surface area contributed by atoms with E-state index in [2.05, 4.69) is 15.3 Å². The van der Waals surface area contributed by atoms with Crippen molar-refractivity contribution in [1.82, 2.24) is 15.3 Å². The fourth-order valence-corrected chi connectivity index (χ4v) is 2.66. The van der Waals surface area contributed by atoms with Crippen molar-refractivity contribution in [3.8, 4) is 23.0 Å². The molecule has 0 radical (unpaired) electrons. The monoisotopic (exact) mass is 351 g/mol. The molecular formula is C19H17N3O4. The second-order valence-electron chi connectivity index (χ2n) is 5.90. The first-order valence-electron chi connectivity index (χ1n) is 8.21. The Bertz CT molecular complexity index is 937. The van der Waals surface area contributed by atoms with Crippen LogP contribution in [0.4, 0.5) is 0 Å². The van der Waals surface area contributed by atoms with Gasteiger partial charge in [-0.3, -0.25) is 9.78 Å². The lowest BCUT2D eigenvalue weighted by atomic mass is 10.2. The highest BCUT2D eigenvalue weighted by atomic mass is 16.7. The normalized spacial score (nSPS) is 12.2. The summed E-state index contributed by atoms with van der Waals surface area (Å²) < 4.78 is 16.4. The van der Waals surface area contributed by atoms with Crippen molar-refractivity contribution in [2.75, 3.05) is 6.79 Å². The van der Waals surface area contributed by atoms with Crippen LogP contribution < -0.4 is 14.8 Å². The maximum absolute atomic E-state index is 12.2. The van der Waals surface area contributed by atoms with Gasteiger partial charge in [-0.2, -0.15) is 0 Å². The number of rotatable bonds is 5. The van der Waals surface area contributed by atoms with E-state index in [1.807, 2.05) is 30.3 Å². The zero-order valence-corrected chi connectivity index (χ0v) is 14.2. The second-order valence-corrected chi connectivity index (χ2v) is 5.90. The lowest BCUT2D eigenvalue weighted by molar-refractivity contribution is -0.120. The highest BCUT2D eigenvalue weighted by molar-refractivity contribution is 5.78. The average Bonchev–Trinajstić information content (AvgIpc) is 3.27. The molecule has 0 aliphatic carbocycles. The summed E-state index contributed by atoms with van der Waals surface area (Å²) in [5.41, 5.74) is 2.33. The van der Waals surface area contributed by atoms with Crippen LogP contribution in [-0.4, -0.2) is 22.7 Å². The smallest absolute Gasteiger partial charge is 0.231 e. The lowest BCUT2D eigenvalue weighted by Crippen LogP contribution is -2.25. The first kappa shape index (κ1) is 16.1. The number of nitrogens with zero attached hydrogens (tertiary/aromatic N) is 2. The summed E-state index contributed by atoms with van der Waals surface area (Å²) in [5.74, 6) is 2.31. The first-order valence-corrected chi connectivity index (χ1v) is 8.21. The van der Waals surface area contributed by atoms with Gasteiger partial charge >= 0.3 is 0 Å². The Morgan fingerprint density at radius 3 is 2.96 bits per heavy atom.